The molecule has 0 bridgehead atoms. The lowest BCUT2D eigenvalue weighted by Crippen LogP contribution is -2.63. The van der Waals surface area contributed by atoms with Gasteiger partial charge < -0.3 is 0 Å². The predicted octanol–water partition coefficient (Wildman–Crippen LogP) is 8.95. The Morgan fingerprint density at radius 3 is 1.27 bits per heavy atom. The molecule has 3 rings (SSSR count). The number of rotatable bonds is 8. The van der Waals surface area contributed by atoms with Crippen LogP contribution in [0.4, 0.5) is 39.5 Å². The fourth-order valence-corrected chi connectivity index (χ4v) is 8.81. The van der Waals surface area contributed by atoms with Gasteiger partial charge >= 0.3 is 33.4 Å². The standard InChI is InChI=1S/C26H23F9O3S2/c1-22(2,3)18-14-16-21(17-15-18)39(19-10-6-4-7-11-19,20-12-8-5-9-13-20)38-40(36,37)26(34,35)24(29,30)23(27,28)25(31,32)33/h4-17H,1-3H3. The number of benzene rings is 3. The van der Waals surface area contributed by atoms with Crippen LogP contribution in [0.15, 0.2) is 99.6 Å². The SMILES string of the molecule is CC(C)(C)c1ccc(S(OS(=O)(=O)C(F)(F)C(F)(F)C(F)(F)C(F)(F)F)(c2ccccc2)c2ccccc2)cc1. The normalized spacial score (nSPS) is 14.7. The smallest absolute Gasteiger partial charge is 0.202 e. The van der Waals surface area contributed by atoms with Gasteiger partial charge in [0.05, 0.1) is 0 Å². The second-order valence-corrected chi connectivity index (χ2v) is 14.1. The summed E-state index contributed by atoms with van der Waals surface area (Å²) in [5.41, 5.74) is 0.247. The van der Waals surface area contributed by atoms with Crippen LogP contribution in [0, 0.1) is 0 Å². The molecule has 14 heteroatoms. The highest BCUT2D eigenvalue weighted by Crippen LogP contribution is 2.71. The molecule has 0 unspecified atom stereocenters. The molecule has 3 aromatic rings. The molecule has 0 radical (unpaired) electrons. The molecule has 0 fully saturated rings. The van der Waals surface area contributed by atoms with E-state index in [0.29, 0.717) is 5.56 Å². The lowest BCUT2D eigenvalue weighted by molar-refractivity contribution is -0.382. The molecule has 3 aromatic carbocycles. The molecule has 3 nitrogen and oxygen atoms in total. The van der Waals surface area contributed by atoms with Crippen molar-refractivity contribution in [1.29, 1.82) is 0 Å². The zero-order valence-corrected chi connectivity index (χ0v) is 22.7. The van der Waals surface area contributed by atoms with Crippen LogP contribution >= 0.6 is 10.3 Å². The maximum absolute atomic E-state index is 14.9. The lowest BCUT2D eigenvalue weighted by Gasteiger charge is -2.41. The second-order valence-electron chi connectivity index (χ2n) is 9.64. The van der Waals surface area contributed by atoms with Crippen molar-refractivity contribution in [2.45, 2.75) is 64.1 Å². The van der Waals surface area contributed by atoms with E-state index in [9.17, 15) is 47.9 Å². The first-order valence-corrected chi connectivity index (χ1v) is 14.3. The van der Waals surface area contributed by atoms with E-state index >= 15 is 0 Å². The van der Waals surface area contributed by atoms with Crippen LogP contribution in [-0.2, 0) is 19.2 Å². The third-order valence-corrected chi connectivity index (χ3v) is 11.0. The van der Waals surface area contributed by atoms with Crippen LogP contribution in [0.3, 0.4) is 0 Å². The Bertz CT molecular complexity index is 1380. The average Bonchev–Trinajstić information content (AvgIpc) is 2.87. The minimum atomic E-state index is -7.44. The van der Waals surface area contributed by atoms with Crippen molar-refractivity contribution in [1.82, 2.24) is 0 Å². The summed E-state index contributed by atoms with van der Waals surface area (Å²) in [5.74, 6) is -14.9. The Morgan fingerprint density at radius 2 is 0.925 bits per heavy atom. The van der Waals surface area contributed by atoms with Gasteiger partial charge in [0.15, 0.2) is 0 Å². The van der Waals surface area contributed by atoms with Crippen LogP contribution < -0.4 is 0 Å². The van der Waals surface area contributed by atoms with Gasteiger partial charge in [-0.05, 0) is 57.7 Å². The van der Waals surface area contributed by atoms with Gasteiger partial charge in [0.25, 0.3) is 0 Å². The van der Waals surface area contributed by atoms with Crippen molar-refractivity contribution in [3.05, 3.63) is 90.5 Å². The Balaban J connectivity index is 2.36. The fraction of sp³-hybridized carbons (Fsp3) is 0.308. The molecule has 0 atom stereocenters. The minimum absolute atomic E-state index is 0.136. The highest BCUT2D eigenvalue weighted by atomic mass is 32.3. The Hall–Kier alpha value is -2.71. The molecule has 0 heterocycles. The maximum atomic E-state index is 14.9. The summed E-state index contributed by atoms with van der Waals surface area (Å²) in [4.78, 5) is -0.423. The molecule has 0 saturated heterocycles. The minimum Gasteiger partial charge on any atom is -0.202 e. The average molecular weight is 619 g/mol. The van der Waals surface area contributed by atoms with E-state index in [1.165, 1.54) is 84.9 Å². The highest BCUT2D eigenvalue weighted by molar-refractivity contribution is 8.33. The zero-order valence-electron chi connectivity index (χ0n) is 21.0. The van der Waals surface area contributed by atoms with Gasteiger partial charge in [-0.3, -0.25) is 0 Å². The number of alkyl halides is 9. The second kappa shape index (κ2) is 10.3. The van der Waals surface area contributed by atoms with Gasteiger partial charge in [-0.25, -0.2) is 3.63 Å². The van der Waals surface area contributed by atoms with E-state index in [0.717, 1.165) is 0 Å². The molecule has 220 valence electrons. The third kappa shape index (κ3) is 5.20. The topological polar surface area (TPSA) is 43.4 Å². The predicted molar refractivity (Wildman–Crippen MR) is 131 cm³/mol. The van der Waals surface area contributed by atoms with Crippen molar-refractivity contribution in [3.8, 4) is 0 Å². The van der Waals surface area contributed by atoms with Gasteiger partial charge in [0.2, 0.25) is 0 Å². The van der Waals surface area contributed by atoms with Crippen LogP contribution in [0.2, 0.25) is 0 Å². The third-order valence-electron chi connectivity index (χ3n) is 5.82. The monoisotopic (exact) mass is 618 g/mol. The van der Waals surface area contributed by atoms with Crippen LogP contribution in [-0.4, -0.2) is 31.7 Å². The molecule has 0 aromatic heterocycles. The van der Waals surface area contributed by atoms with Gasteiger partial charge in [-0.2, -0.15) is 47.9 Å². The molecule has 0 saturated carbocycles. The molecule has 0 aliphatic rings. The summed E-state index contributed by atoms with van der Waals surface area (Å²) in [6.07, 6.45) is -7.21. The molecule has 0 amide bonds. The zero-order chi connectivity index (χ0) is 30.4. The van der Waals surface area contributed by atoms with Crippen molar-refractivity contribution in [2.75, 3.05) is 0 Å². The van der Waals surface area contributed by atoms with Crippen molar-refractivity contribution in [3.63, 3.8) is 0 Å². The summed E-state index contributed by atoms with van der Waals surface area (Å²) in [6, 6.07) is 18.9. The summed E-state index contributed by atoms with van der Waals surface area (Å²) >= 11 is 0. The Kier molecular flexibility index (Phi) is 8.18. The molecular formula is C26H23F9O3S2. The molecule has 40 heavy (non-hydrogen) atoms. The largest absolute Gasteiger partial charge is 0.460 e. The molecule has 0 spiro atoms. The van der Waals surface area contributed by atoms with E-state index in [1.54, 1.807) is 0 Å². The van der Waals surface area contributed by atoms with Gasteiger partial charge in [0, 0.05) is 14.7 Å². The molecule has 0 N–H and O–H groups in total. The summed E-state index contributed by atoms with van der Waals surface area (Å²) in [5, 5.41) is -7.02. The van der Waals surface area contributed by atoms with E-state index in [2.05, 4.69) is 0 Å². The maximum Gasteiger partial charge on any atom is 0.460 e. The fourth-order valence-electron chi connectivity index (χ4n) is 3.59. The van der Waals surface area contributed by atoms with Gasteiger partial charge in [0.1, 0.15) is 0 Å². The molecular weight excluding hydrogens is 595 g/mol. The van der Waals surface area contributed by atoms with Crippen molar-refractivity contribution >= 4 is 20.4 Å². The summed E-state index contributed by atoms with van der Waals surface area (Å²) in [7, 11) is -11.2. The van der Waals surface area contributed by atoms with E-state index in [4.69, 9.17) is 3.63 Å². The number of hydrogen-bond acceptors (Lipinski definition) is 3. The number of hydrogen-bond donors (Lipinski definition) is 0. The first kappa shape index (κ1) is 31.8. The first-order chi connectivity index (χ1) is 18.1. The Labute approximate surface area is 226 Å². The molecule has 0 aliphatic carbocycles. The Morgan fingerprint density at radius 1 is 0.550 bits per heavy atom. The molecule has 0 aliphatic heterocycles. The lowest BCUT2D eigenvalue weighted by atomic mass is 9.87. The van der Waals surface area contributed by atoms with E-state index < -0.39 is 49.1 Å². The van der Waals surface area contributed by atoms with Crippen molar-refractivity contribution < 1.29 is 51.6 Å². The van der Waals surface area contributed by atoms with E-state index in [-0.39, 0.29) is 14.7 Å². The summed E-state index contributed by atoms with van der Waals surface area (Å²) in [6.45, 7) is 5.50. The highest BCUT2D eigenvalue weighted by Gasteiger charge is 2.86. The van der Waals surface area contributed by atoms with Crippen LogP contribution in [0.1, 0.15) is 26.3 Å². The quantitative estimate of drug-likeness (QED) is 0.237. The van der Waals surface area contributed by atoms with Gasteiger partial charge in [-0.15, -0.1) is 0 Å². The van der Waals surface area contributed by atoms with Gasteiger partial charge in [-0.1, -0.05) is 69.3 Å². The van der Waals surface area contributed by atoms with E-state index in [1.807, 2.05) is 20.8 Å². The van der Waals surface area contributed by atoms with Crippen molar-refractivity contribution in [2.24, 2.45) is 0 Å². The first-order valence-electron chi connectivity index (χ1n) is 11.3. The summed E-state index contributed by atoms with van der Waals surface area (Å²) < 4.78 is 154. The number of halogens is 9. The van der Waals surface area contributed by atoms with Crippen LogP contribution in [0.25, 0.3) is 0 Å². The van der Waals surface area contributed by atoms with Crippen LogP contribution in [0.5, 0.6) is 0 Å².